The van der Waals surface area contributed by atoms with Crippen LogP contribution in [0.5, 0.6) is 0 Å². The van der Waals surface area contributed by atoms with Crippen molar-refractivity contribution in [3.63, 3.8) is 0 Å². The van der Waals surface area contributed by atoms with E-state index in [0.717, 1.165) is 17.5 Å². The fraction of sp³-hybridized carbons (Fsp3) is 0.526. The molecule has 0 aromatic carbocycles. The lowest BCUT2D eigenvalue weighted by molar-refractivity contribution is 0.0846. The van der Waals surface area contributed by atoms with E-state index in [1.54, 1.807) is 13.0 Å². The summed E-state index contributed by atoms with van der Waals surface area (Å²) in [4.78, 5) is 16.8. The van der Waals surface area contributed by atoms with E-state index >= 15 is 0 Å². The molecule has 0 spiro atoms. The second-order valence-electron chi connectivity index (χ2n) is 7.77. The van der Waals surface area contributed by atoms with Crippen molar-refractivity contribution in [1.82, 2.24) is 20.1 Å². The standard InChI is InChI=1S/C19H24F3N5O/c1-12-6-15(26-13-7-25-27(9-13)10-16(20)21)14(8-23-12)17(28)24-11-19(4-5-19)18(2,3)22/h6-9,16H,4-5,10-11H2,1-3H3,(H,23,26)(H,24,28). The molecule has 2 heterocycles. The summed E-state index contributed by atoms with van der Waals surface area (Å²) in [5.74, 6) is -0.370. The smallest absolute Gasteiger partial charge is 0.257 e. The van der Waals surface area contributed by atoms with Crippen molar-refractivity contribution < 1.29 is 18.0 Å². The maximum atomic E-state index is 14.4. The molecule has 0 saturated heterocycles. The van der Waals surface area contributed by atoms with Crippen LogP contribution in [0.15, 0.2) is 24.7 Å². The second-order valence-corrected chi connectivity index (χ2v) is 7.77. The Kier molecular flexibility index (Phi) is 5.36. The number of amides is 1. The quantitative estimate of drug-likeness (QED) is 0.712. The molecule has 2 N–H and O–H groups in total. The largest absolute Gasteiger partial charge is 0.352 e. The topological polar surface area (TPSA) is 71.8 Å². The van der Waals surface area contributed by atoms with Crippen LogP contribution >= 0.6 is 0 Å². The molecule has 2 aromatic rings. The predicted octanol–water partition coefficient (Wildman–Crippen LogP) is 3.85. The van der Waals surface area contributed by atoms with Crippen LogP contribution in [0.2, 0.25) is 0 Å². The first-order chi connectivity index (χ1) is 13.1. The van der Waals surface area contributed by atoms with E-state index in [1.165, 1.54) is 32.4 Å². The summed E-state index contributed by atoms with van der Waals surface area (Å²) >= 11 is 0. The molecule has 1 aliphatic rings. The van der Waals surface area contributed by atoms with Crippen LogP contribution in [0.4, 0.5) is 24.5 Å². The summed E-state index contributed by atoms with van der Waals surface area (Å²) in [6.45, 7) is 4.58. The fourth-order valence-electron chi connectivity index (χ4n) is 3.15. The van der Waals surface area contributed by atoms with Gasteiger partial charge in [0.05, 0.1) is 23.1 Å². The Morgan fingerprint density at radius 1 is 1.36 bits per heavy atom. The maximum absolute atomic E-state index is 14.4. The Morgan fingerprint density at radius 3 is 2.68 bits per heavy atom. The molecule has 6 nitrogen and oxygen atoms in total. The summed E-state index contributed by atoms with van der Waals surface area (Å²) in [5.41, 5.74) is 0.0359. The molecule has 0 unspecified atom stereocenters. The lowest BCUT2D eigenvalue weighted by atomic mass is 9.89. The number of hydrogen-bond acceptors (Lipinski definition) is 4. The highest BCUT2D eigenvalue weighted by molar-refractivity contribution is 6.00. The summed E-state index contributed by atoms with van der Waals surface area (Å²) in [6.07, 6.45) is 3.25. The number of carbonyl (C=O) groups excluding carboxylic acids is 1. The first-order valence-corrected chi connectivity index (χ1v) is 9.11. The van der Waals surface area contributed by atoms with Crippen LogP contribution in [-0.2, 0) is 6.54 Å². The van der Waals surface area contributed by atoms with Crippen LogP contribution < -0.4 is 10.6 Å². The van der Waals surface area contributed by atoms with Gasteiger partial charge in [0.2, 0.25) is 0 Å². The highest BCUT2D eigenvalue weighted by Gasteiger charge is 2.55. The van der Waals surface area contributed by atoms with E-state index in [0.29, 0.717) is 22.6 Å². The number of anilines is 2. The molecule has 3 rings (SSSR count). The normalized spacial score (nSPS) is 15.5. The Morgan fingerprint density at radius 2 is 2.07 bits per heavy atom. The van der Waals surface area contributed by atoms with Gasteiger partial charge in [0, 0.05) is 30.0 Å². The number of nitrogens with one attached hydrogen (secondary N) is 2. The molecule has 0 radical (unpaired) electrons. The lowest BCUT2D eigenvalue weighted by Gasteiger charge is -2.27. The van der Waals surface area contributed by atoms with Crippen molar-refractivity contribution >= 4 is 17.3 Å². The monoisotopic (exact) mass is 395 g/mol. The summed E-state index contributed by atoms with van der Waals surface area (Å²) in [5, 5.41) is 9.70. The number of pyridine rings is 1. The minimum Gasteiger partial charge on any atom is -0.352 e. The zero-order valence-electron chi connectivity index (χ0n) is 16.1. The van der Waals surface area contributed by atoms with E-state index in [1.807, 2.05) is 0 Å². The number of halogens is 3. The van der Waals surface area contributed by atoms with Crippen molar-refractivity contribution in [2.24, 2.45) is 5.41 Å². The van der Waals surface area contributed by atoms with E-state index in [2.05, 4.69) is 20.7 Å². The molecule has 0 aliphatic heterocycles. The third kappa shape index (κ3) is 4.45. The minimum absolute atomic E-state index is 0.245. The summed E-state index contributed by atoms with van der Waals surface area (Å²) in [7, 11) is 0. The van der Waals surface area contributed by atoms with Gasteiger partial charge in [0.1, 0.15) is 12.2 Å². The molecule has 0 atom stereocenters. The van der Waals surface area contributed by atoms with E-state index < -0.39 is 24.1 Å². The van der Waals surface area contributed by atoms with Crippen LogP contribution in [0.25, 0.3) is 0 Å². The van der Waals surface area contributed by atoms with Crippen molar-refractivity contribution in [1.29, 1.82) is 0 Å². The molecule has 1 fully saturated rings. The van der Waals surface area contributed by atoms with Crippen LogP contribution in [0, 0.1) is 12.3 Å². The summed E-state index contributed by atoms with van der Waals surface area (Å²) in [6, 6.07) is 1.69. The van der Waals surface area contributed by atoms with Gasteiger partial charge in [0.25, 0.3) is 12.3 Å². The second kappa shape index (κ2) is 7.44. The van der Waals surface area contributed by atoms with Gasteiger partial charge in [0.15, 0.2) is 0 Å². The number of aryl methyl sites for hydroxylation is 1. The third-order valence-electron chi connectivity index (χ3n) is 5.22. The lowest BCUT2D eigenvalue weighted by Crippen LogP contribution is -2.39. The first-order valence-electron chi connectivity index (χ1n) is 9.11. The molecular formula is C19H24F3N5O. The van der Waals surface area contributed by atoms with Crippen molar-refractivity contribution in [2.45, 2.75) is 52.3 Å². The van der Waals surface area contributed by atoms with Gasteiger partial charge in [-0.05, 0) is 39.7 Å². The first kappa shape index (κ1) is 20.2. The molecule has 1 saturated carbocycles. The Hall–Kier alpha value is -2.58. The van der Waals surface area contributed by atoms with Gasteiger partial charge in [-0.3, -0.25) is 14.5 Å². The number of aromatic nitrogens is 3. The number of hydrogen-bond donors (Lipinski definition) is 2. The fourth-order valence-corrected chi connectivity index (χ4v) is 3.15. The molecular weight excluding hydrogens is 371 g/mol. The number of rotatable bonds is 8. The molecule has 1 aliphatic carbocycles. The van der Waals surface area contributed by atoms with Crippen LogP contribution in [0.3, 0.4) is 0 Å². The predicted molar refractivity (Wildman–Crippen MR) is 99.7 cm³/mol. The molecule has 9 heteroatoms. The average Bonchev–Trinajstić information content (AvgIpc) is 3.28. The molecule has 152 valence electrons. The highest BCUT2D eigenvalue weighted by Crippen LogP contribution is 2.55. The van der Waals surface area contributed by atoms with Crippen molar-refractivity contribution in [3.05, 3.63) is 35.9 Å². The summed E-state index contributed by atoms with van der Waals surface area (Å²) < 4.78 is 40.4. The van der Waals surface area contributed by atoms with Gasteiger partial charge >= 0.3 is 0 Å². The minimum atomic E-state index is -2.51. The Labute approximate surface area is 161 Å². The van der Waals surface area contributed by atoms with Gasteiger partial charge in [-0.2, -0.15) is 5.10 Å². The Balaban J connectivity index is 1.73. The zero-order chi connectivity index (χ0) is 20.5. The average molecular weight is 395 g/mol. The molecule has 1 amide bonds. The number of carbonyl (C=O) groups is 1. The molecule has 0 bridgehead atoms. The van der Waals surface area contributed by atoms with E-state index in [4.69, 9.17) is 0 Å². The van der Waals surface area contributed by atoms with Gasteiger partial charge in [-0.25, -0.2) is 13.2 Å². The van der Waals surface area contributed by atoms with Gasteiger partial charge in [-0.15, -0.1) is 0 Å². The van der Waals surface area contributed by atoms with E-state index in [-0.39, 0.29) is 12.5 Å². The Bertz CT molecular complexity index is 855. The molecule has 28 heavy (non-hydrogen) atoms. The number of nitrogens with zero attached hydrogens (tertiary/aromatic N) is 3. The van der Waals surface area contributed by atoms with Crippen molar-refractivity contribution in [3.8, 4) is 0 Å². The van der Waals surface area contributed by atoms with Crippen molar-refractivity contribution in [2.75, 3.05) is 11.9 Å². The third-order valence-corrected chi connectivity index (χ3v) is 5.22. The van der Waals surface area contributed by atoms with Gasteiger partial charge < -0.3 is 10.6 Å². The van der Waals surface area contributed by atoms with Crippen LogP contribution in [0.1, 0.15) is 42.7 Å². The van der Waals surface area contributed by atoms with Gasteiger partial charge in [-0.1, -0.05) is 0 Å². The SMILES string of the molecule is Cc1cc(Nc2cnn(CC(F)F)c2)c(C(=O)NCC2(C(C)(C)F)CC2)cn1. The highest BCUT2D eigenvalue weighted by atomic mass is 19.3. The number of alkyl halides is 3. The molecule has 2 aromatic heterocycles. The van der Waals surface area contributed by atoms with Crippen LogP contribution in [-0.4, -0.2) is 39.3 Å². The maximum Gasteiger partial charge on any atom is 0.257 e. The van der Waals surface area contributed by atoms with E-state index in [9.17, 15) is 18.0 Å². The zero-order valence-corrected chi connectivity index (χ0v) is 16.1.